The van der Waals surface area contributed by atoms with Gasteiger partial charge < -0.3 is 10.2 Å². The van der Waals surface area contributed by atoms with E-state index in [0.29, 0.717) is 5.56 Å². The zero-order valence-electron chi connectivity index (χ0n) is 8.92. The average molecular weight is 247 g/mol. The quantitative estimate of drug-likeness (QED) is 0.862. The molecule has 1 rings (SSSR count). The number of carbonyl (C=O) groups is 1. The van der Waals surface area contributed by atoms with Gasteiger partial charge in [0.15, 0.2) is 11.6 Å². The third kappa shape index (κ3) is 2.44. The van der Waals surface area contributed by atoms with Crippen LogP contribution in [0, 0.1) is 18.7 Å². The molecule has 0 bridgehead atoms. The molecule has 0 amide bonds. The van der Waals surface area contributed by atoms with E-state index in [9.17, 15) is 14.3 Å². The molecule has 1 unspecified atom stereocenters. The highest BCUT2D eigenvalue weighted by Crippen LogP contribution is 2.32. The minimum Gasteiger partial charge on any atom is -0.505 e. The van der Waals surface area contributed by atoms with Gasteiger partial charge in [0.1, 0.15) is 0 Å². The molecule has 0 saturated carbocycles. The fourth-order valence-corrected chi connectivity index (χ4v) is 1.61. The molecule has 0 radical (unpaired) electrons. The minimum absolute atomic E-state index is 0.0461. The third-order valence-electron chi connectivity index (χ3n) is 2.51. The van der Waals surface area contributed by atoms with Gasteiger partial charge in [0.2, 0.25) is 0 Å². The summed E-state index contributed by atoms with van der Waals surface area (Å²) in [6.45, 7) is 3.10. The van der Waals surface area contributed by atoms with Crippen LogP contribution in [0.1, 0.15) is 18.1 Å². The van der Waals surface area contributed by atoms with Crippen LogP contribution in [0.25, 0.3) is 0 Å². The number of carboxylic acids is 1. The average Bonchev–Trinajstić information content (AvgIpc) is 2.21. The number of hydrogen-bond acceptors (Lipinski definition) is 2. The van der Waals surface area contributed by atoms with Crippen LogP contribution in [-0.2, 0) is 11.2 Å². The summed E-state index contributed by atoms with van der Waals surface area (Å²) in [5, 5.41) is 18.4. The molecule has 0 aliphatic heterocycles. The number of aliphatic carboxylic acids is 1. The largest absolute Gasteiger partial charge is 0.505 e. The van der Waals surface area contributed by atoms with Gasteiger partial charge in [-0.1, -0.05) is 18.5 Å². The van der Waals surface area contributed by atoms with Gasteiger partial charge in [0, 0.05) is 10.6 Å². The predicted molar refractivity (Wildman–Crippen MR) is 58.3 cm³/mol. The number of carboxylic acid groups (broad SMARTS) is 1. The molecule has 0 saturated heterocycles. The minimum atomic E-state index is -1.00. The Labute approximate surface area is 97.5 Å². The van der Waals surface area contributed by atoms with Crippen LogP contribution in [0.5, 0.6) is 5.75 Å². The van der Waals surface area contributed by atoms with Crippen LogP contribution in [0.15, 0.2) is 6.07 Å². The molecule has 3 nitrogen and oxygen atoms in total. The van der Waals surface area contributed by atoms with E-state index >= 15 is 0 Å². The van der Waals surface area contributed by atoms with Gasteiger partial charge >= 0.3 is 5.97 Å². The summed E-state index contributed by atoms with van der Waals surface area (Å²) in [4.78, 5) is 10.7. The zero-order valence-corrected chi connectivity index (χ0v) is 9.68. The Morgan fingerprint density at radius 1 is 1.62 bits per heavy atom. The number of halogens is 2. The van der Waals surface area contributed by atoms with Crippen molar-refractivity contribution in [2.75, 3.05) is 0 Å². The molecule has 0 aliphatic rings. The normalized spacial score (nSPS) is 12.5. The van der Waals surface area contributed by atoms with E-state index in [1.54, 1.807) is 6.92 Å². The Morgan fingerprint density at radius 2 is 2.19 bits per heavy atom. The van der Waals surface area contributed by atoms with Crippen LogP contribution in [0.2, 0.25) is 5.02 Å². The summed E-state index contributed by atoms with van der Waals surface area (Å²) in [6, 6.07) is 1.02. The first kappa shape index (κ1) is 12.8. The molecule has 0 aromatic heterocycles. The smallest absolute Gasteiger partial charge is 0.306 e. The molecule has 16 heavy (non-hydrogen) atoms. The summed E-state index contributed by atoms with van der Waals surface area (Å²) in [6.07, 6.45) is 0.0461. The highest BCUT2D eigenvalue weighted by Gasteiger charge is 2.19. The van der Waals surface area contributed by atoms with Crippen molar-refractivity contribution in [1.82, 2.24) is 0 Å². The van der Waals surface area contributed by atoms with Crippen molar-refractivity contribution >= 4 is 17.6 Å². The van der Waals surface area contributed by atoms with Gasteiger partial charge in [-0.3, -0.25) is 4.79 Å². The summed E-state index contributed by atoms with van der Waals surface area (Å²) in [5.41, 5.74) is 0.758. The highest BCUT2D eigenvalue weighted by atomic mass is 35.5. The van der Waals surface area contributed by atoms with E-state index < -0.39 is 23.5 Å². The number of phenolic OH excluding ortho intramolecular Hbond substituents is 1. The Balaban J connectivity index is 3.17. The monoisotopic (exact) mass is 246 g/mol. The summed E-state index contributed by atoms with van der Waals surface area (Å²) in [7, 11) is 0. The number of benzene rings is 1. The van der Waals surface area contributed by atoms with Gasteiger partial charge in [0.25, 0.3) is 0 Å². The van der Waals surface area contributed by atoms with Crippen molar-refractivity contribution in [1.29, 1.82) is 0 Å². The Bertz CT molecular complexity index is 405. The second kappa shape index (κ2) is 4.70. The number of phenols is 1. The Hall–Kier alpha value is -1.29. The molecule has 1 aromatic carbocycles. The molecule has 5 heteroatoms. The lowest BCUT2D eigenvalue weighted by Gasteiger charge is -2.13. The van der Waals surface area contributed by atoms with Crippen molar-refractivity contribution in [3.8, 4) is 5.75 Å². The zero-order chi connectivity index (χ0) is 12.5. The van der Waals surface area contributed by atoms with Crippen molar-refractivity contribution in [2.24, 2.45) is 5.92 Å². The van der Waals surface area contributed by atoms with E-state index in [1.165, 1.54) is 6.92 Å². The number of rotatable bonds is 3. The lowest BCUT2D eigenvalue weighted by Crippen LogP contribution is -2.13. The first-order valence-corrected chi connectivity index (χ1v) is 5.11. The second-order valence-corrected chi connectivity index (χ2v) is 4.14. The van der Waals surface area contributed by atoms with Crippen LogP contribution < -0.4 is 0 Å². The van der Waals surface area contributed by atoms with Gasteiger partial charge in [-0.25, -0.2) is 4.39 Å². The maximum absolute atomic E-state index is 13.2. The van der Waals surface area contributed by atoms with Crippen molar-refractivity contribution in [2.45, 2.75) is 20.3 Å². The fraction of sp³-hybridized carbons (Fsp3) is 0.364. The molecule has 2 N–H and O–H groups in total. The summed E-state index contributed by atoms with van der Waals surface area (Å²) < 4.78 is 13.2. The van der Waals surface area contributed by atoms with Crippen LogP contribution >= 0.6 is 11.6 Å². The molecule has 1 aromatic rings. The number of hydrogen-bond donors (Lipinski definition) is 2. The molecular formula is C11H12ClFO3. The van der Waals surface area contributed by atoms with Crippen LogP contribution in [0.4, 0.5) is 4.39 Å². The highest BCUT2D eigenvalue weighted by molar-refractivity contribution is 6.31. The number of aromatic hydroxyl groups is 1. The first-order valence-electron chi connectivity index (χ1n) is 4.73. The van der Waals surface area contributed by atoms with Crippen LogP contribution in [0.3, 0.4) is 0 Å². The Morgan fingerprint density at radius 3 is 2.69 bits per heavy atom. The van der Waals surface area contributed by atoms with Crippen LogP contribution in [-0.4, -0.2) is 16.2 Å². The fourth-order valence-electron chi connectivity index (χ4n) is 1.40. The standard InChI is InChI=1S/C11H12ClFO3/c1-5(11(15)16)3-7-6(2)8(12)4-9(13)10(7)14/h4-5,14H,3H2,1-2H3,(H,15,16). The molecule has 0 heterocycles. The van der Waals surface area contributed by atoms with Gasteiger partial charge in [0.05, 0.1) is 5.92 Å². The van der Waals surface area contributed by atoms with Gasteiger partial charge in [-0.15, -0.1) is 0 Å². The van der Waals surface area contributed by atoms with Crippen molar-refractivity contribution in [3.63, 3.8) is 0 Å². The van der Waals surface area contributed by atoms with Crippen molar-refractivity contribution < 1.29 is 19.4 Å². The maximum Gasteiger partial charge on any atom is 0.306 e. The van der Waals surface area contributed by atoms with Gasteiger partial charge in [-0.05, 0) is 25.0 Å². The van der Waals surface area contributed by atoms with E-state index in [1.807, 2.05) is 0 Å². The first-order chi connectivity index (χ1) is 7.34. The lowest BCUT2D eigenvalue weighted by atomic mass is 9.96. The topological polar surface area (TPSA) is 57.5 Å². The SMILES string of the molecule is Cc1c(Cl)cc(F)c(O)c1CC(C)C(=O)O. The Kier molecular flexibility index (Phi) is 3.75. The molecule has 0 spiro atoms. The van der Waals surface area contributed by atoms with Gasteiger partial charge in [-0.2, -0.15) is 0 Å². The molecule has 0 aliphatic carbocycles. The second-order valence-electron chi connectivity index (χ2n) is 3.74. The van der Waals surface area contributed by atoms with Crippen molar-refractivity contribution in [3.05, 3.63) is 28.0 Å². The maximum atomic E-state index is 13.2. The molecule has 0 fully saturated rings. The summed E-state index contributed by atoms with van der Waals surface area (Å²) >= 11 is 5.76. The predicted octanol–water partition coefficient (Wildman–Crippen LogP) is 2.76. The third-order valence-corrected chi connectivity index (χ3v) is 2.90. The molecular weight excluding hydrogens is 235 g/mol. The summed E-state index contributed by atoms with van der Waals surface area (Å²) in [5.74, 6) is -3.06. The molecule has 88 valence electrons. The van der Waals surface area contributed by atoms with E-state index in [4.69, 9.17) is 16.7 Å². The van der Waals surface area contributed by atoms with E-state index in [-0.39, 0.29) is 17.0 Å². The van der Waals surface area contributed by atoms with E-state index in [0.717, 1.165) is 6.07 Å². The molecule has 1 atom stereocenters. The lowest BCUT2D eigenvalue weighted by molar-refractivity contribution is -0.141. The van der Waals surface area contributed by atoms with E-state index in [2.05, 4.69) is 0 Å².